The van der Waals surface area contributed by atoms with E-state index in [9.17, 15) is 4.79 Å². The summed E-state index contributed by atoms with van der Waals surface area (Å²) >= 11 is 3.53. The normalized spacial score (nSPS) is 11.7. The van der Waals surface area contributed by atoms with E-state index in [0.29, 0.717) is 12.8 Å². The molecule has 3 nitrogen and oxygen atoms in total. The maximum absolute atomic E-state index is 12.5. The van der Waals surface area contributed by atoms with Gasteiger partial charge in [0.1, 0.15) is 0 Å². The lowest BCUT2D eigenvalue weighted by Gasteiger charge is -2.20. The van der Waals surface area contributed by atoms with Crippen LogP contribution in [-0.4, -0.2) is 10.9 Å². The summed E-state index contributed by atoms with van der Waals surface area (Å²) in [6, 6.07) is 21.7. The highest BCUT2D eigenvalue weighted by molar-refractivity contribution is 9.10. The first kappa shape index (κ1) is 17.4. The Labute approximate surface area is 156 Å². The van der Waals surface area contributed by atoms with Gasteiger partial charge < -0.3 is 5.32 Å². The monoisotopic (exact) mass is 394 g/mol. The Kier molecular flexibility index (Phi) is 5.96. The number of halogens is 1. The Balaban J connectivity index is 1.72. The number of carbonyl (C=O) groups is 1. The fraction of sp³-hybridized carbons (Fsp3) is 0.143. The van der Waals surface area contributed by atoms with Crippen LogP contribution in [0.25, 0.3) is 0 Å². The molecule has 0 aliphatic heterocycles. The van der Waals surface area contributed by atoms with Gasteiger partial charge in [0.25, 0.3) is 0 Å². The maximum atomic E-state index is 12.5. The minimum Gasteiger partial charge on any atom is -0.345 e. The largest absolute Gasteiger partial charge is 0.345 e. The molecule has 0 aliphatic carbocycles. The molecule has 0 bridgehead atoms. The standard InChI is InChI=1S/C21H19BrN2O/c22-19-9-5-4-6-16(19)10-11-20(25)24-21(17-7-2-1-3-8-17)18-12-14-23-15-13-18/h1-9,12-15,21H,10-11H2,(H,24,25). The summed E-state index contributed by atoms with van der Waals surface area (Å²) in [7, 11) is 0. The quantitative estimate of drug-likeness (QED) is 0.659. The van der Waals surface area contributed by atoms with E-state index in [4.69, 9.17) is 0 Å². The minimum atomic E-state index is -0.170. The molecule has 2 aromatic carbocycles. The lowest BCUT2D eigenvalue weighted by atomic mass is 9.99. The molecule has 4 heteroatoms. The van der Waals surface area contributed by atoms with Crippen LogP contribution >= 0.6 is 15.9 Å². The van der Waals surface area contributed by atoms with Crippen molar-refractivity contribution in [1.29, 1.82) is 0 Å². The number of benzene rings is 2. The lowest BCUT2D eigenvalue weighted by Crippen LogP contribution is -2.29. The molecule has 3 rings (SSSR count). The van der Waals surface area contributed by atoms with Crippen molar-refractivity contribution in [2.45, 2.75) is 18.9 Å². The summed E-state index contributed by atoms with van der Waals surface area (Å²) < 4.78 is 1.04. The smallest absolute Gasteiger partial charge is 0.221 e. The van der Waals surface area contributed by atoms with Crippen molar-refractivity contribution < 1.29 is 4.79 Å². The number of hydrogen-bond acceptors (Lipinski definition) is 2. The third-order valence-electron chi connectivity index (χ3n) is 4.06. The molecule has 1 amide bonds. The van der Waals surface area contributed by atoms with E-state index in [1.54, 1.807) is 12.4 Å². The average Bonchev–Trinajstić information content (AvgIpc) is 2.67. The highest BCUT2D eigenvalue weighted by atomic mass is 79.9. The molecular formula is C21H19BrN2O. The van der Waals surface area contributed by atoms with Crippen LogP contribution in [0, 0.1) is 0 Å². The second-order valence-corrected chi connectivity index (χ2v) is 6.64. The molecule has 1 atom stereocenters. The Morgan fingerprint density at radius 1 is 0.920 bits per heavy atom. The number of pyridine rings is 1. The molecule has 1 aromatic heterocycles. The zero-order chi connectivity index (χ0) is 17.5. The Morgan fingerprint density at radius 2 is 1.56 bits per heavy atom. The summed E-state index contributed by atoms with van der Waals surface area (Å²) in [6.07, 6.45) is 4.64. The molecular weight excluding hydrogens is 376 g/mol. The van der Waals surface area contributed by atoms with Crippen LogP contribution in [0.2, 0.25) is 0 Å². The zero-order valence-electron chi connectivity index (χ0n) is 13.7. The van der Waals surface area contributed by atoms with Crippen molar-refractivity contribution in [3.05, 3.63) is 100 Å². The van der Waals surface area contributed by atoms with Gasteiger partial charge in [-0.2, -0.15) is 0 Å². The number of nitrogens with one attached hydrogen (secondary N) is 1. The van der Waals surface area contributed by atoms with Crippen molar-refractivity contribution in [1.82, 2.24) is 10.3 Å². The van der Waals surface area contributed by atoms with Crippen molar-refractivity contribution in [3.63, 3.8) is 0 Å². The molecule has 1 heterocycles. The first-order chi connectivity index (χ1) is 12.2. The topological polar surface area (TPSA) is 42.0 Å². The Bertz CT molecular complexity index is 782. The third kappa shape index (κ3) is 4.77. The summed E-state index contributed by atoms with van der Waals surface area (Å²) in [4.78, 5) is 16.6. The lowest BCUT2D eigenvalue weighted by molar-refractivity contribution is -0.121. The van der Waals surface area contributed by atoms with E-state index in [-0.39, 0.29) is 11.9 Å². The van der Waals surface area contributed by atoms with E-state index >= 15 is 0 Å². The molecule has 1 N–H and O–H groups in total. The van der Waals surface area contributed by atoms with Crippen molar-refractivity contribution in [2.24, 2.45) is 0 Å². The highest BCUT2D eigenvalue weighted by Crippen LogP contribution is 2.22. The van der Waals surface area contributed by atoms with E-state index in [1.807, 2.05) is 66.7 Å². The van der Waals surface area contributed by atoms with E-state index in [0.717, 1.165) is 21.2 Å². The SMILES string of the molecule is O=C(CCc1ccccc1Br)NC(c1ccccc1)c1ccncc1. The number of amides is 1. The molecule has 0 aliphatic rings. The van der Waals surface area contributed by atoms with E-state index in [1.165, 1.54) is 0 Å². The van der Waals surface area contributed by atoms with E-state index < -0.39 is 0 Å². The van der Waals surface area contributed by atoms with Crippen LogP contribution in [-0.2, 0) is 11.2 Å². The first-order valence-electron chi connectivity index (χ1n) is 8.21. The minimum absolute atomic E-state index is 0.0291. The van der Waals surface area contributed by atoms with Gasteiger partial charge in [-0.25, -0.2) is 0 Å². The molecule has 3 aromatic rings. The third-order valence-corrected chi connectivity index (χ3v) is 4.83. The van der Waals surface area contributed by atoms with Gasteiger partial charge >= 0.3 is 0 Å². The Hall–Kier alpha value is -2.46. The van der Waals surface area contributed by atoms with Crippen LogP contribution in [0.3, 0.4) is 0 Å². The highest BCUT2D eigenvalue weighted by Gasteiger charge is 2.16. The van der Waals surface area contributed by atoms with Crippen molar-refractivity contribution in [2.75, 3.05) is 0 Å². The fourth-order valence-corrected chi connectivity index (χ4v) is 3.23. The van der Waals surface area contributed by atoms with Crippen LogP contribution in [0.4, 0.5) is 0 Å². The number of aryl methyl sites for hydroxylation is 1. The van der Waals surface area contributed by atoms with E-state index in [2.05, 4.69) is 26.2 Å². The average molecular weight is 395 g/mol. The summed E-state index contributed by atoms with van der Waals surface area (Å²) in [6.45, 7) is 0. The first-order valence-corrected chi connectivity index (χ1v) is 9.01. The van der Waals surface area contributed by atoms with Crippen LogP contribution < -0.4 is 5.32 Å². The maximum Gasteiger partial charge on any atom is 0.221 e. The summed E-state index contributed by atoms with van der Waals surface area (Å²) in [5, 5.41) is 3.16. The second kappa shape index (κ2) is 8.58. The summed E-state index contributed by atoms with van der Waals surface area (Å²) in [5.74, 6) is 0.0291. The predicted molar refractivity (Wildman–Crippen MR) is 103 cm³/mol. The fourth-order valence-electron chi connectivity index (χ4n) is 2.74. The number of nitrogens with zero attached hydrogens (tertiary/aromatic N) is 1. The Morgan fingerprint density at radius 3 is 2.28 bits per heavy atom. The van der Waals surface area contributed by atoms with Gasteiger partial charge in [0, 0.05) is 23.3 Å². The molecule has 0 saturated carbocycles. The molecule has 0 fully saturated rings. The van der Waals surface area contributed by atoms with Crippen LogP contribution in [0.1, 0.15) is 29.2 Å². The molecule has 0 spiro atoms. The molecule has 0 radical (unpaired) electrons. The predicted octanol–water partition coefficient (Wildman–Crippen LogP) is 4.68. The molecule has 126 valence electrons. The number of carbonyl (C=O) groups excluding carboxylic acids is 1. The van der Waals surface area contributed by atoms with Crippen LogP contribution in [0.5, 0.6) is 0 Å². The van der Waals surface area contributed by atoms with Gasteiger partial charge in [-0.15, -0.1) is 0 Å². The summed E-state index contributed by atoms with van der Waals surface area (Å²) in [5.41, 5.74) is 3.22. The zero-order valence-corrected chi connectivity index (χ0v) is 15.3. The van der Waals surface area contributed by atoms with Crippen LogP contribution in [0.15, 0.2) is 83.6 Å². The van der Waals surface area contributed by atoms with Gasteiger partial charge in [-0.1, -0.05) is 64.5 Å². The van der Waals surface area contributed by atoms with Gasteiger partial charge in [-0.05, 0) is 41.3 Å². The van der Waals surface area contributed by atoms with Crippen molar-refractivity contribution in [3.8, 4) is 0 Å². The number of hydrogen-bond donors (Lipinski definition) is 1. The molecule has 0 saturated heterocycles. The number of aromatic nitrogens is 1. The van der Waals surface area contributed by atoms with Gasteiger partial charge in [-0.3, -0.25) is 9.78 Å². The number of rotatable bonds is 6. The van der Waals surface area contributed by atoms with Gasteiger partial charge in [0.2, 0.25) is 5.91 Å². The molecule has 1 unspecified atom stereocenters. The second-order valence-electron chi connectivity index (χ2n) is 5.78. The van der Waals surface area contributed by atoms with Crippen molar-refractivity contribution >= 4 is 21.8 Å². The molecule has 25 heavy (non-hydrogen) atoms. The van der Waals surface area contributed by atoms with Gasteiger partial charge in [0.05, 0.1) is 6.04 Å². The van der Waals surface area contributed by atoms with Gasteiger partial charge in [0.15, 0.2) is 0 Å².